The molecule has 1 unspecified atom stereocenters. The smallest absolute Gasteiger partial charge is 0.323 e. The van der Waals surface area contributed by atoms with Gasteiger partial charge in [0.1, 0.15) is 17.6 Å². The molecule has 1 aliphatic rings. The summed E-state index contributed by atoms with van der Waals surface area (Å²) in [4.78, 5) is 22.6. The number of halogens is 1. The SMILES string of the molecule is O=C=C1C=CC=CC1C(=O)Oc1ccccc1Cl. The molecule has 1 aliphatic carbocycles. The van der Waals surface area contributed by atoms with Crippen LogP contribution in [-0.4, -0.2) is 11.9 Å². The maximum absolute atomic E-state index is 11.9. The van der Waals surface area contributed by atoms with Crippen LogP contribution in [0.15, 0.2) is 54.1 Å². The van der Waals surface area contributed by atoms with Crippen LogP contribution in [0.2, 0.25) is 5.02 Å². The Morgan fingerprint density at radius 2 is 2.06 bits per heavy atom. The average molecular weight is 261 g/mol. The van der Waals surface area contributed by atoms with E-state index in [1.54, 1.807) is 48.4 Å². The Bertz CT molecular complexity index is 580. The zero-order chi connectivity index (χ0) is 13.0. The lowest BCUT2D eigenvalue weighted by molar-refractivity contribution is -0.136. The fourth-order valence-electron chi connectivity index (χ4n) is 1.54. The van der Waals surface area contributed by atoms with Gasteiger partial charge < -0.3 is 4.74 Å². The molecule has 0 bridgehead atoms. The Morgan fingerprint density at radius 1 is 1.28 bits per heavy atom. The first-order valence-electron chi connectivity index (χ1n) is 5.28. The molecule has 0 aromatic heterocycles. The topological polar surface area (TPSA) is 43.4 Å². The Kier molecular flexibility index (Phi) is 3.78. The van der Waals surface area contributed by atoms with E-state index in [1.165, 1.54) is 6.08 Å². The van der Waals surface area contributed by atoms with E-state index in [2.05, 4.69) is 0 Å². The Hall–Kier alpha value is -2.09. The summed E-state index contributed by atoms with van der Waals surface area (Å²) in [6.07, 6.45) is 6.46. The number of benzene rings is 1. The number of allylic oxidation sites excluding steroid dienone is 3. The van der Waals surface area contributed by atoms with Gasteiger partial charge in [0.15, 0.2) is 0 Å². The molecule has 18 heavy (non-hydrogen) atoms. The number of carbonyl (C=O) groups is 1. The number of hydrogen-bond acceptors (Lipinski definition) is 3. The van der Waals surface area contributed by atoms with Crippen LogP contribution in [0.1, 0.15) is 0 Å². The summed E-state index contributed by atoms with van der Waals surface area (Å²) in [5.41, 5.74) is 0.245. The van der Waals surface area contributed by atoms with Gasteiger partial charge in [-0.3, -0.25) is 4.79 Å². The molecule has 0 saturated carbocycles. The number of hydrogen-bond donors (Lipinski definition) is 0. The third-order valence-corrected chi connectivity index (χ3v) is 2.76. The molecule has 90 valence electrons. The fraction of sp³-hybridized carbons (Fsp3) is 0.0714. The van der Waals surface area contributed by atoms with Crippen molar-refractivity contribution in [1.29, 1.82) is 0 Å². The van der Waals surface area contributed by atoms with Crippen LogP contribution in [0, 0.1) is 5.92 Å². The fourth-order valence-corrected chi connectivity index (χ4v) is 1.72. The van der Waals surface area contributed by atoms with E-state index < -0.39 is 11.9 Å². The average Bonchev–Trinajstić information content (AvgIpc) is 2.41. The molecule has 0 amide bonds. The Balaban J connectivity index is 2.18. The van der Waals surface area contributed by atoms with Gasteiger partial charge in [-0.05, 0) is 18.2 Å². The van der Waals surface area contributed by atoms with Gasteiger partial charge in [-0.15, -0.1) is 0 Å². The van der Waals surface area contributed by atoms with Crippen molar-refractivity contribution < 1.29 is 14.3 Å². The highest BCUT2D eigenvalue weighted by Gasteiger charge is 2.23. The molecular weight excluding hydrogens is 252 g/mol. The third kappa shape index (κ3) is 2.59. The molecule has 2 rings (SSSR count). The van der Waals surface area contributed by atoms with Crippen LogP contribution in [0.4, 0.5) is 0 Å². The monoisotopic (exact) mass is 260 g/mol. The van der Waals surface area contributed by atoms with Gasteiger partial charge in [0, 0.05) is 0 Å². The number of para-hydroxylation sites is 1. The minimum atomic E-state index is -0.733. The van der Waals surface area contributed by atoms with Gasteiger partial charge in [0.2, 0.25) is 0 Å². The number of rotatable bonds is 2. The minimum absolute atomic E-state index is 0.245. The predicted octanol–water partition coefficient (Wildman–Crippen LogP) is 2.75. The van der Waals surface area contributed by atoms with Crippen molar-refractivity contribution in [2.75, 3.05) is 0 Å². The van der Waals surface area contributed by atoms with Crippen molar-refractivity contribution >= 4 is 23.5 Å². The van der Waals surface area contributed by atoms with E-state index in [-0.39, 0.29) is 11.3 Å². The zero-order valence-electron chi connectivity index (χ0n) is 9.30. The molecule has 0 radical (unpaired) electrons. The zero-order valence-corrected chi connectivity index (χ0v) is 10.1. The molecule has 0 heterocycles. The van der Waals surface area contributed by atoms with Gasteiger partial charge in [0.05, 0.1) is 10.6 Å². The van der Waals surface area contributed by atoms with E-state index in [0.29, 0.717) is 5.02 Å². The third-order valence-electron chi connectivity index (χ3n) is 2.44. The molecule has 0 N–H and O–H groups in total. The van der Waals surface area contributed by atoms with Crippen molar-refractivity contribution in [1.82, 2.24) is 0 Å². The lowest BCUT2D eigenvalue weighted by Gasteiger charge is -2.13. The second kappa shape index (κ2) is 5.50. The van der Waals surface area contributed by atoms with Gasteiger partial charge >= 0.3 is 5.97 Å². The first-order valence-corrected chi connectivity index (χ1v) is 5.66. The van der Waals surface area contributed by atoms with Crippen molar-refractivity contribution in [3.8, 4) is 5.75 Å². The van der Waals surface area contributed by atoms with Gasteiger partial charge in [-0.1, -0.05) is 42.0 Å². The molecule has 0 fully saturated rings. The molecule has 0 spiro atoms. The number of carbonyl (C=O) groups excluding carboxylic acids is 2. The summed E-state index contributed by atoms with van der Waals surface area (Å²) < 4.78 is 5.16. The standard InChI is InChI=1S/C14H9ClO3/c15-12-7-3-4-8-13(12)18-14(17)11-6-2-1-5-10(11)9-16/h1-8,11H. The highest BCUT2D eigenvalue weighted by molar-refractivity contribution is 6.32. The quantitative estimate of drug-likeness (QED) is 0.467. The van der Waals surface area contributed by atoms with Gasteiger partial charge in [-0.2, -0.15) is 0 Å². The Morgan fingerprint density at radius 3 is 2.78 bits per heavy atom. The van der Waals surface area contributed by atoms with Crippen LogP contribution in [-0.2, 0) is 9.59 Å². The second-order valence-electron chi connectivity index (χ2n) is 3.63. The van der Waals surface area contributed by atoms with E-state index in [1.807, 2.05) is 0 Å². The van der Waals surface area contributed by atoms with Crippen molar-refractivity contribution in [3.63, 3.8) is 0 Å². The van der Waals surface area contributed by atoms with E-state index in [0.717, 1.165) is 0 Å². The maximum atomic E-state index is 11.9. The largest absolute Gasteiger partial charge is 0.424 e. The summed E-state index contributed by atoms with van der Waals surface area (Å²) in [5, 5.41) is 0.345. The number of ether oxygens (including phenoxy) is 1. The van der Waals surface area contributed by atoms with Crippen LogP contribution < -0.4 is 4.74 Å². The normalized spacial score (nSPS) is 17.4. The minimum Gasteiger partial charge on any atom is -0.424 e. The molecular formula is C14H9ClO3. The molecule has 1 atom stereocenters. The molecule has 1 aromatic carbocycles. The molecule has 4 heteroatoms. The summed E-state index contributed by atoms with van der Waals surface area (Å²) >= 11 is 5.88. The highest BCUT2D eigenvalue weighted by atomic mass is 35.5. The Labute approximate surface area is 109 Å². The van der Waals surface area contributed by atoms with Crippen molar-refractivity contribution in [2.24, 2.45) is 5.92 Å². The lowest BCUT2D eigenvalue weighted by atomic mass is 9.96. The summed E-state index contributed by atoms with van der Waals surface area (Å²) in [5.74, 6) is 0.719. The van der Waals surface area contributed by atoms with E-state index >= 15 is 0 Å². The van der Waals surface area contributed by atoms with Crippen molar-refractivity contribution in [2.45, 2.75) is 0 Å². The van der Waals surface area contributed by atoms with E-state index in [4.69, 9.17) is 16.3 Å². The van der Waals surface area contributed by atoms with Gasteiger partial charge in [-0.25, -0.2) is 4.79 Å². The first kappa shape index (κ1) is 12.4. The van der Waals surface area contributed by atoms with Crippen molar-refractivity contribution in [3.05, 3.63) is 59.2 Å². The van der Waals surface area contributed by atoms with Crippen LogP contribution in [0.25, 0.3) is 0 Å². The van der Waals surface area contributed by atoms with Crippen LogP contribution in [0.3, 0.4) is 0 Å². The van der Waals surface area contributed by atoms with E-state index in [9.17, 15) is 9.59 Å². The van der Waals surface area contributed by atoms with Gasteiger partial charge in [0.25, 0.3) is 0 Å². The van der Waals surface area contributed by atoms with Crippen LogP contribution >= 0.6 is 11.6 Å². The first-order chi connectivity index (χ1) is 8.72. The summed E-state index contributed by atoms with van der Waals surface area (Å²) in [6, 6.07) is 6.66. The lowest BCUT2D eigenvalue weighted by Crippen LogP contribution is -2.21. The highest BCUT2D eigenvalue weighted by Crippen LogP contribution is 2.26. The molecule has 3 nitrogen and oxygen atoms in total. The molecule has 1 aromatic rings. The summed E-state index contributed by atoms with van der Waals surface area (Å²) in [6.45, 7) is 0. The predicted molar refractivity (Wildman–Crippen MR) is 68.1 cm³/mol. The molecule has 0 aliphatic heterocycles. The molecule has 0 saturated heterocycles. The second-order valence-corrected chi connectivity index (χ2v) is 4.04. The maximum Gasteiger partial charge on any atom is 0.323 e. The summed E-state index contributed by atoms with van der Waals surface area (Å²) in [7, 11) is 0. The van der Waals surface area contributed by atoms with Crippen LogP contribution in [0.5, 0.6) is 5.75 Å². The number of esters is 1.